The summed E-state index contributed by atoms with van der Waals surface area (Å²) in [6.07, 6.45) is -4.35. The standard InChI is InChI=1S/C19H21F3N2O3/c1-24(11-13-4-6-14(7-5-13)19(20,21)22)12-18(25)23-16-10-15(26-2)8-9-17(16)27-3/h4-10H,11-12H2,1-3H3,(H,23,25)/p+1. The molecule has 0 aliphatic carbocycles. The second-order valence-corrected chi connectivity index (χ2v) is 6.12. The molecule has 0 bridgehead atoms. The fourth-order valence-electron chi connectivity index (χ4n) is 2.60. The van der Waals surface area contributed by atoms with Crippen molar-refractivity contribution in [1.82, 2.24) is 0 Å². The van der Waals surface area contributed by atoms with Crippen LogP contribution in [0.1, 0.15) is 11.1 Å². The monoisotopic (exact) mass is 383 g/mol. The number of likely N-dealkylation sites (N-methyl/N-ethyl adjacent to an activating group) is 1. The van der Waals surface area contributed by atoms with Crippen molar-refractivity contribution in [1.29, 1.82) is 0 Å². The van der Waals surface area contributed by atoms with E-state index in [1.807, 2.05) is 0 Å². The Labute approximate surface area is 155 Å². The fraction of sp³-hybridized carbons (Fsp3) is 0.316. The highest BCUT2D eigenvalue weighted by molar-refractivity contribution is 5.93. The number of methoxy groups -OCH3 is 2. The predicted octanol–water partition coefficient (Wildman–Crippen LogP) is 2.38. The summed E-state index contributed by atoms with van der Waals surface area (Å²) in [7, 11) is 4.81. The molecule has 0 fully saturated rings. The number of alkyl halides is 3. The molecule has 0 spiro atoms. The first-order valence-electron chi connectivity index (χ1n) is 8.22. The number of hydrogen-bond acceptors (Lipinski definition) is 3. The molecule has 0 aliphatic heterocycles. The first-order chi connectivity index (χ1) is 12.7. The van der Waals surface area contributed by atoms with Gasteiger partial charge in [0.15, 0.2) is 6.54 Å². The number of amides is 1. The third-order valence-electron chi connectivity index (χ3n) is 3.93. The molecule has 27 heavy (non-hydrogen) atoms. The van der Waals surface area contributed by atoms with E-state index in [0.717, 1.165) is 17.0 Å². The maximum atomic E-state index is 12.6. The molecular weight excluding hydrogens is 361 g/mol. The van der Waals surface area contributed by atoms with Crippen LogP contribution in [-0.2, 0) is 17.5 Å². The molecule has 5 nitrogen and oxygen atoms in total. The smallest absolute Gasteiger partial charge is 0.416 e. The molecule has 2 N–H and O–H groups in total. The topological polar surface area (TPSA) is 52.0 Å². The number of quaternary nitrogens is 1. The third kappa shape index (κ3) is 5.89. The summed E-state index contributed by atoms with van der Waals surface area (Å²) in [5, 5.41) is 2.77. The Morgan fingerprint density at radius 1 is 1.07 bits per heavy atom. The van der Waals surface area contributed by atoms with Crippen molar-refractivity contribution < 1.29 is 32.3 Å². The molecule has 2 rings (SSSR count). The van der Waals surface area contributed by atoms with Crippen molar-refractivity contribution in [2.45, 2.75) is 12.7 Å². The molecule has 146 valence electrons. The van der Waals surface area contributed by atoms with E-state index in [2.05, 4.69) is 5.32 Å². The number of hydrogen-bond donors (Lipinski definition) is 2. The van der Waals surface area contributed by atoms with Crippen LogP contribution in [0.2, 0.25) is 0 Å². The Kier molecular flexibility index (Phi) is 6.68. The van der Waals surface area contributed by atoms with E-state index < -0.39 is 11.7 Å². The van der Waals surface area contributed by atoms with Crippen LogP contribution in [0.5, 0.6) is 11.5 Å². The third-order valence-corrected chi connectivity index (χ3v) is 3.93. The van der Waals surface area contributed by atoms with Gasteiger partial charge >= 0.3 is 6.18 Å². The lowest BCUT2D eigenvalue weighted by atomic mass is 10.1. The van der Waals surface area contributed by atoms with Gasteiger partial charge in [0.05, 0.1) is 32.5 Å². The maximum absolute atomic E-state index is 12.6. The Morgan fingerprint density at radius 2 is 1.74 bits per heavy atom. The molecule has 2 aromatic rings. The van der Waals surface area contributed by atoms with Crippen molar-refractivity contribution in [3.63, 3.8) is 0 Å². The second-order valence-electron chi connectivity index (χ2n) is 6.12. The number of nitrogens with one attached hydrogen (secondary N) is 2. The summed E-state index contributed by atoms with van der Waals surface area (Å²) in [4.78, 5) is 13.1. The molecule has 2 aromatic carbocycles. The van der Waals surface area contributed by atoms with Crippen LogP contribution >= 0.6 is 0 Å². The zero-order valence-corrected chi connectivity index (χ0v) is 15.3. The van der Waals surface area contributed by atoms with Crippen molar-refractivity contribution in [2.24, 2.45) is 0 Å². The van der Waals surface area contributed by atoms with Gasteiger partial charge in [0.2, 0.25) is 0 Å². The predicted molar refractivity (Wildman–Crippen MR) is 95.1 cm³/mol. The summed E-state index contributed by atoms with van der Waals surface area (Å²) in [6.45, 7) is 0.558. The Morgan fingerprint density at radius 3 is 2.30 bits per heavy atom. The number of anilines is 1. The average Bonchev–Trinajstić information content (AvgIpc) is 2.61. The van der Waals surface area contributed by atoms with Crippen molar-refractivity contribution in [2.75, 3.05) is 33.1 Å². The van der Waals surface area contributed by atoms with Gasteiger partial charge in [-0.25, -0.2) is 0 Å². The summed E-state index contributed by atoms with van der Waals surface area (Å²) >= 11 is 0. The highest BCUT2D eigenvalue weighted by atomic mass is 19.4. The van der Waals surface area contributed by atoms with Crippen molar-refractivity contribution >= 4 is 11.6 Å². The van der Waals surface area contributed by atoms with Crippen LogP contribution in [-0.4, -0.2) is 33.7 Å². The highest BCUT2D eigenvalue weighted by Crippen LogP contribution is 2.29. The number of ether oxygens (including phenoxy) is 2. The van der Waals surface area contributed by atoms with Gasteiger partial charge in [-0.15, -0.1) is 0 Å². The average molecular weight is 383 g/mol. The van der Waals surface area contributed by atoms with Crippen LogP contribution in [0.25, 0.3) is 0 Å². The van der Waals surface area contributed by atoms with E-state index >= 15 is 0 Å². The molecule has 0 saturated heterocycles. The normalized spacial score (nSPS) is 12.4. The van der Waals surface area contributed by atoms with E-state index in [0.29, 0.717) is 29.3 Å². The molecule has 0 aliphatic rings. The molecule has 8 heteroatoms. The molecule has 1 atom stereocenters. The number of carbonyl (C=O) groups is 1. The van der Waals surface area contributed by atoms with E-state index in [-0.39, 0.29) is 12.5 Å². The van der Waals surface area contributed by atoms with E-state index in [1.165, 1.54) is 26.4 Å². The fourth-order valence-corrected chi connectivity index (χ4v) is 2.60. The van der Waals surface area contributed by atoms with Gasteiger partial charge in [-0.05, 0) is 24.3 Å². The highest BCUT2D eigenvalue weighted by Gasteiger charge is 2.30. The zero-order chi connectivity index (χ0) is 20.0. The minimum Gasteiger partial charge on any atom is -0.497 e. The lowest BCUT2D eigenvalue weighted by Gasteiger charge is -2.16. The molecule has 0 saturated carbocycles. The lowest BCUT2D eigenvalue weighted by molar-refractivity contribution is -0.885. The molecular formula is C19H22F3N2O3+. The van der Waals surface area contributed by atoms with E-state index in [4.69, 9.17) is 9.47 Å². The molecule has 1 unspecified atom stereocenters. The summed E-state index contributed by atoms with van der Waals surface area (Å²) in [6, 6.07) is 10.0. The van der Waals surface area contributed by atoms with Gasteiger partial charge < -0.3 is 19.7 Å². The largest absolute Gasteiger partial charge is 0.497 e. The number of rotatable bonds is 7. The molecule has 1 amide bonds. The van der Waals surface area contributed by atoms with Crippen LogP contribution in [0.15, 0.2) is 42.5 Å². The number of halogens is 3. The van der Waals surface area contributed by atoms with Gasteiger partial charge in [-0.3, -0.25) is 4.79 Å². The summed E-state index contributed by atoms with van der Waals surface area (Å²) in [5.74, 6) is 0.840. The van der Waals surface area contributed by atoms with Gasteiger partial charge in [-0.2, -0.15) is 13.2 Å². The van der Waals surface area contributed by atoms with Crippen LogP contribution < -0.4 is 19.7 Å². The summed E-state index contributed by atoms with van der Waals surface area (Å²) in [5.41, 5.74) is 0.517. The van der Waals surface area contributed by atoms with Crippen molar-refractivity contribution in [3.05, 3.63) is 53.6 Å². The molecule has 0 radical (unpaired) electrons. The first-order valence-corrected chi connectivity index (χ1v) is 8.22. The summed E-state index contributed by atoms with van der Waals surface area (Å²) < 4.78 is 48.2. The van der Waals surface area contributed by atoms with Gasteiger partial charge in [0, 0.05) is 11.6 Å². The number of carbonyl (C=O) groups excluding carboxylic acids is 1. The second kappa shape index (κ2) is 8.77. The SMILES string of the molecule is COc1ccc(OC)c(NC(=O)C[NH+](C)Cc2ccc(C(F)(F)F)cc2)c1. The van der Waals surface area contributed by atoms with Gasteiger partial charge in [0.1, 0.15) is 18.0 Å². The minimum absolute atomic E-state index is 0.140. The lowest BCUT2D eigenvalue weighted by Crippen LogP contribution is -3.08. The van der Waals surface area contributed by atoms with E-state index in [9.17, 15) is 18.0 Å². The van der Waals surface area contributed by atoms with Crippen LogP contribution in [0, 0.1) is 0 Å². The quantitative estimate of drug-likeness (QED) is 0.772. The van der Waals surface area contributed by atoms with Crippen molar-refractivity contribution in [3.8, 4) is 11.5 Å². The Bertz CT molecular complexity index is 777. The van der Waals surface area contributed by atoms with Gasteiger partial charge in [0.25, 0.3) is 5.91 Å². The Hall–Kier alpha value is -2.74. The number of benzene rings is 2. The molecule has 0 aromatic heterocycles. The maximum Gasteiger partial charge on any atom is 0.416 e. The zero-order valence-electron chi connectivity index (χ0n) is 15.3. The first kappa shape index (κ1) is 20.6. The minimum atomic E-state index is -4.35. The van der Waals surface area contributed by atoms with Crippen LogP contribution in [0.3, 0.4) is 0 Å². The Balaban J connectivity index is 1.96. The van der Waals surface area contributed by atoms with Crippen LogP contribution in [0.4, 0.5) is 18.9 Å². The molecule has 0 heterocycles. The van der Waals surface area contributed by atoms with E-state index in [1.54, 1.807) is 25.2 Å². The van der Waals surface area contributed by atoms with Gasteiger partial charge in [-0.1, -0.05) is 12.1 Å².